The van der Waals surface area contributed by atoms with E-state index in [0.29, 0.717) is 12.6 Å². The summed E-state index contributed by atoms with van der Waals surface area (Å²) in [6.07, 6.45) is 0.153. The van der Waals surface area contributed by atoms with Crippen LogP contribution in [0.25, 0.3) is 0 Å². The molecular formula is C12H16BrNO2. The monoisotopic (exact) mass is 285 g/mol. The van der Waals surface area contributed by atoms with Gasteiger partial charge in [0.05, 0.1) is 6.61 Å². The first-order valence-corrected chi connectivity index (χ1v) is 6.26. The lowest BCUT2D eigenvalue weighted by molar-refractivity contribution is -0.0165. The summed E-state index contributed by atoms with van der Waals surface area (Å²) in [4.78, 5) is 0. The van der Waals surface area contributed by atoms with Gasteiger partial charge in [0.15, 0.2) is 0 Å². The highest BCUT2D eigenvalue weighted by atomic mass is 79.9. The Morgan fingerprint density at radius 1 is 1.44 bits per heavy atom. The predicted molar refractivity (Wildman–Crippen MR) is 66.8 cm³/mol. The van der Waals surface area contributed by atoms with Crippen molar-refractivity contribution in [3.63, 3.8) is 0 Å². The molecule has 1 fully saturated rings. The van der Waals surface area contributed by atoms with Crippen LogP contribution in [0.1, 0.15) is 6.92 Å². The number of rotatable bonds is 3. The molecule has 2 rings (SSSR count). The van der Waals surface area contributed by atoms with E-state index in [1.165, 1.54) is 0 Å². The number of hydrogen-bond donors (Lipinski definition) is 1. The van der Waals surface area contributed by atoms with Gasteiger partial charge in [-0.2, -0.15) is 0 Å². The SMILES string of the molecule is CC1COC(COc2ccc(Br)cc2)CN1. The van der Waals surface area contributed by atoms with E-state index in [1.54, 1.807) is 0 Å². The topological polar surface area (TPSA) is 30.5 Å². The highest BCUT2D eigenvalue weighted by Gasteiger charge is 2.18. The fourth-order valence-electron chi connectivity index (χ4n) is 1.56. The van der Waals surface area contributed by atoms with Crippen LogP contribution in [0.15, 0.2) is 28.7 Å². The van der Waals surface area contributed by atoms with Crippen LogP contribution in [0.3, 0.4) is 0 Å². The first-order chi connectivity index (χ1) is 7.74. The lowest BCUT2D eigenvalue weighted by Crippen LogP contribution is -2.46. The van der Waals surface area contributed by atoms with E-state index >= 15 is 0 Å². The number of ether oxygens (including phenoxy) is 2. The van der Waals surface area contributed by atoms with E-state index in [0.717, 1.165) is 23.4 Å². The molecule has 0 amide bonds. The molecule has 0 saturated carbocycles. The predicted octanol–water partition coefficient (Wildman–Crippen LogP) is 2.20. The third kappa shape index (κ3) is 3.47. The van der Waals surface area contributed by atoms with Gasteiger partial charge in [0.2, 0.25) is 0 Å². The molecule has 88 valence electrons. The van der Waals surface area contributed by atoms with Gasteiger partial charge in [-0.3, -0.25) is 0 Å². The normalized spacial score (nSPS) is 25.4. The second-order valence-corrected chi connectivity index (χ2v) is 4.95. The van der Waals surface area contributed by atoms with Crippen LogP contribution in [0.2, 0.25) is 0 Å². The van der Waals surface area contributed by atoms with Crippen molar-refractivity contribution in [3.8, 4) is 5.75 Å². The number of morpholine rings is 1. The van der Waals surface area contributed by atoms with E-state index in [2.05, 4.69) is 28.2 Å². The molecule has 1 aliphatic heterocycles. The van der Waals surface area contributed by atoms with Crippen LogP contribution in [-0.2, 0) is 4.74 Å². The van der Waals surface area contributed by atoms with Crippen LogP contribution in [-0.4, -0.2) is 31.9 Å². The average Bonchev–Trinajstić information content (AvgIpc) is 2.30. The van der Waals surface area contributed by atoms with E-state index in [-0.39, 0.29) is 6.10 Å². The summed E-state index contributed by atoms with van der Waals surface area (Å²) in [5.41, 5.74) is 0. The van der Waals surface area contributed by atoms with E-state index < -0.39 is 0 Å². The maximum atomic E-state index is 5.65. The Hall–Kier alpha value is -0.580. The van der Waals surface area contributed by atoms with Gasteiger partial charge in [-0.1, -0.05) is 15.9 Å². The van der Waals surface area contributed by atoms with Gasteiger partial charge >= 0.3 is 0 Å². The number of nitrogens with one attached hydrogen (secondary N) is 1. The zero-order chi connectivity index (χ0) is 11.4. The minimum atomic E-state index is 0.153. The quantitative estimate of drug-likeness (QED) is 0.924. The number of hydrogen-bond acceptors (Lipinski definition) is 3. The summed E-state index contributed by atoms with van der Waals surface area (Å²) in [6, 6.07) is 8.28. The van der Waals surface area contributed by atoms with Gasteiger partial charge in [-0.15, -0.1) is 0 Å². The van der Waals surface area contributed by atoms with Gasteiger partial charge in [0.25, 0.3) is 0 Å². The Morgan fingerprint density at radius 2 is 2.19 bits per heavy atom. The molecule has 2 unspecified atom stereocenters. The van der Waals surface area contributed by atoms with Crippen molar-refractivity contribution >= 4 is 15.9 Å². The molecule has 4 heteroatoms. The van der Waals surface area contributed by atoms with E-state index in [1.807, 2.05) is 24.3 Å². The second-order valence-electron chi connectivity index (χ2n) is 4.03. The molecule has 3 nitrogen and oxygen atoms in total. The molecule has 1 saturated heterocycles. The molecule has 16 heavy (non-hydrogen) atoms. The first kappa shape index (κ1) is 11.9. The fraction of sp³-hybridized carbons (Fsp3) is 0.500. The van der Waals surface area contributed by atoms with Crippen LogP contribution >= 0.6 is 15.9 Å². The Bertz CT molecular complexity index is 320. The average molecular weight is 286 g/mol. The summed E-state index contributed by atoms with van der Waals surface area (Å²) in [6.45, 7) is 4.33. The van der Waals surface area contributed by atoms with Gasteiger partial charge < -0.3 is 14.8 Å². The Kier molecular flexibility index (Phi) is 4.21. The molecule has 0 spiro atoms. The Balaban J connectivity index is 1.77. The molecular weight excluding hydrogens is 270 g/mol. The summed E-state index contributed by atoms with van der Waals surface area (Å²) < 4.78 is 12.3. The molecule has 0 radical (unpaired) electrons. The molecule has 1 aromatic rings. The van der Waals surface area contributed by atoms with Crippen LogP contribution in [0, 0.1) is 0 Å². The van der Waals surface area contributed by atoms with Gasteiger partial charge in [-0.05, 0) is 31.2 Å². The molecule has 1 aliphatic rings. The number of benzene rings is 1. The van der Waals surface area contributed by atoms with Crippen molar-refractivity contribution in [2.75, 3.05) is 19.8 Å². The standard InChI is InChI=1S/C12H16BrNO2/c1-9-7-15-12(6-14-9)8-16-11-4-2-10(13)3-5-11/h2-5,9,12,14H,6-8H2,1H3. The summed E-state index contributed by atoms with van der Waals surface area (Å²) >= 11 is 3.39. The largest absolute Gasteiger partial charge is 0.491 e. The van der Waals surface area contributed by atoms with Crippen LogP contribution < -0.4 is 10.1 Å². The highest BCUT2D eigenvalue weighted by Crippen LogP contribution is 2.16. The lowest BCUT2D eigenvalue weighted by atomic mass is 10.2. The van der Waals surface area contributed by atoms with Crippen molar-refractivity contribution in [1.29, 1.82) is 0 Å². The van der Waals surface area contributed by atoms with Crippen LogP contribution in [0.5, 0.6) is 5.75 Å². The minimum Gasteiger partial charge on any atom is -0.491 e. The minimum absolute atomic E-state index is 0.153. The molecule has 0 bridgehead atoms. The third-order valence-electron chi connectivity index (χ3n) is 2.53. The summed E-state index contributed by atoms with van der Waals surface area (Å²) in [5, 5.41) is 3.36. The fourth-order valence-corrected chi connectivity index (χ4v) is 1.82. The van der Waals surface area contributed by atoms with E-state index in [4.69, 9.17) is 9.47 Å². The summed E-state index contributed by atoms with van der Waals surface area (Å²) in [7, 11) is 0. The molecule has 1 heterocycles. The van der Waals surface area contributed by atoms with Gasteiger partial charge in [0, 0.05) is 17.1 Å². The lowest BCUT2D eigenvalue weighted by Gasteiger charge is -2.28. The Morgan fingerprint density at radius 3 is 2.81 bits per heavy atom. The maximum absolute atomic E-state index is 5.65. The molecule has 0 aromatic heterocycles. The number of halogens is 1. The molecule has 1 aromatic carbocycles. The van der Waals surface area contributed by atoms with E-state index in [9.17, 15) is 0 Å². The maximum Gasteiger partial charge on any atom is 0.119 e. The van der Waals surface area contributed by atoms with Crippen molar-refractivity contribution in [3.05, 3.63) is 28.7 Å². The zero-order valence-corrected chi connectivity index (χ0v) is 10.9. The van der Waals surface area contributed by atoms with Gasteiger partial charge in [0.1, 0.15) is 18.5 Å². The first-order valence-electron chi connectivity index (χ1n) is 5.47. The molecule has 2 atom stereocenters. The van der Waals surface area contributed by atoms with Crippen molar-refractivity contribution < 1.29 is 9.47 Å². The highest BCUT2D eigenvalue weighted by molar-refractivity contribution is 9.10. The smallest absolute Gasteiger partial charge is 0.119 e. The van der Waals surface area contributed by atoms with Gasteiger partial charge in [-0.25, -0.2) is 0 Å². The van der Waals surface area contributed by atoms with Crippen molar-refractivity contribution in [1.82, 2.24) is 5.32 Å². The van der Waals surface area contributed by atoms with Crippen molar-refractivity contribution in [2.45, 2.75) is 19.1 Å². The molecule has 0 aliphatic carbocycles. The third-order valence-corrected chi connectivity index (χ3v) is 3.05. The second kappa shape index (κ2) is 5.66. The van der Waals surface area contributed by atoms with Crippen LogP contribution in [0.4, 0.5) is 0 Å². The molecule has 1 N–H and O–H groups in total. The zero-order valence-electron chi connectivity index (χ0n) is 9.28. The van der Waals surface area contributed by atoms with Crippen molar-refractivity contribution in [2.24, 2.45) is 0 Å². The summed E-state index contributed by atoms with van der Waals surface area (Å²) in [5.74, 6) is 0.880. The Labute approximate surface area is 104 Å².